The Bertz CT molecular complexity index is 1330. The van der Waals surface area contributed by atoms with Gasteiger partial charge in [0.05, 0.1) is 46.9 Å². The first kappa shape index (κ1) is 23.8. The minimum absolute atomic E-state index is 0.156. The van der Waals surface area contributed by atoms with Crippen LogP contribution >= 0.6 is 0 Å². The van der Waals surface area contributed by atoms with E-state index >= 15 is 0 Å². The molecule has 3 aromatic carbocycles. The first-order valence-corrected chi connectivity index (χ1v) is 10.9. The van der Waals surface area contributed by atoms with Crippen molar-refractivity contribution in [3.8, 4) is 68.1 Å². The van der Waals surface area contributed by atoms with E-state index in [-0.39, 0.29) is 5.75 Å². The quantitative estimate of drug-likeness (QED) is 0.345. The van der Waals surface area contributed by atoms with Gasteiger partial charge in [-0.05, 0) is 65.7 Å². The molecule has 35 heavy (non-hydrogen) atoms. The molecule has 0 saturated heterocycles. The largest absolute Gasteiger partial charge is 0.508 e. The molecule has 7 heteroatoms. The lowest BCUT2D eigenvalue weighted by Crippen LogP contribution is -1.97. The molecule has 0 aliphatic rings. The average molecular weight is 474 g/mol. The molecule has 1 aromatic heterocycles. The molecule has 180 valence electrons. The predicted molar refractivity (Wildman–Crippen MR) is 135 cm³/mol. The van der Waals surface area contributed by atoms with Crippen LogP contribution in [0.4, 0.5) is 0 Å². The van der Waals surface area contributed by atoms with Crippen molar-refractivity contribution >= 4 is 0 Å². The lowest BCUT2D eigenvalue weighted by atomic mass is 9.98. The zero-order chi connectivity index (χ0) is 24.9. The second-order valence-electron chi connectivity index (χ2n) is 7.66. The van der Waals surface area contributed by atoms with Crippen LogP contribution in [0.2, 0.25) is 0 Å². The van der Waals surface area contributed by atoms with Gasteiger partial charge in [-0.3, -0.25) is 0 Å². The lowest BCUT2D eigenvalue weighted by molar-refractivity contribution is 0.324. The number of phenols is 1. The first-order valence-electron chi connectivity index (χ1n) is 10.9. The van der Waals surface area contributed by atoms with Crippen molar-refractivity contribution in [3.05, 3.63) is 66.7 Å². The normalized spacial score (nSPS) is 10.5. The summed E-state index contributed by atoms with van der Waals surface area (Å²) in [5.41, 5.74) is 4.58. The molecule has 0 fully saturated rings. The standard InChI is InChI=1S/C28H27NO6/c1-31-21-9-10-25(32-2)22(16-21)24-13-18(12-23(29-24)17-7-6-8-20(30)11-17)19-14-26(33-3)28(35-5)27(15-19)34-4/h6-16,30H,1-5H3. The summed E-state index contributed by atoms with van der Waals surface area (Å²) in [4.78, 5) is 4.91. The number of aromatic hydroxyl groups is 1. The second-order valence-corrected chi connectivity index (χ2v) is 7.66. The van der Waals surface area contributed by atoms with Crippen molar-refractivity contribution < 1.29 is 28.8 Å². The molecule has 4 rings (SSSR count). The van der Waals surface area contributed by atoms with E-state index < -0.39 is 0 Å². The minimum Gasteiger partial charge on any atom is -0.508 e. The van der Waals surface area contributed by atoms with E-state index in [1.54, 1.807) is 53.7 Å². The topological polar surface area (TPSA) is 79.3 Å². The molecule has 7 nitrogen and oxygen atoms in total. The Morgan fingerprint density at radius 2 is 1.23 bits per heavy atom. The Morgan fingerprint density at radius 3 is 1.83 bits per heavy atom. The van der Waals surface area contributed by atoms with E-state index in [1.165, 1.54) is 0 Å². The predicted octanol–water partition coefficient (Wildman–Crippen LogP) is 5.83. The van der Waals surface area contributed by atoms with Gasteiger partial charge in [0.25, 0.3) is 0 Å². The highest BCUT2D eigenvalue weighted by Gasteiger charge is 2.18. The Morgan fingerprint density at radius 1 is 0.571 bits per heavy atom. The van der Waals surface area contributed by atoms with E-state index in [2.05, 4.69) is 0 Å². The molecular weight excluding hydrogens is 446 g/mol. The molecule has 0 amide bonds. The summed E-state index contributed by atoms with van der Waals surface area (Å²) in [5, 5.41) is 10.1. The Balaban J connectivity index is 2.00. The molecule has 0 unspecified atom stereocenters. The molecule has 0 bridgehead atoms. The third-order valence-corrected chi connectivity index (χ3v) is 5.65. The maximum absolute atomic E-state index is 10.1. The maximum Gasteiger partial charge on any atom is 0.203 e. The van der Waals surface area contributed by atoms with Crippen LogP contribution < -0.4 is 23.7 Å². The van der Waals surface area contributed by atoms with E-state index in [9.17, 15) is 5.11 Å². The first-order chi connectivity index (χ1) is 17.0. The van der Waals surface area contributed by atoms with Gasteiger partial charge in [0, 0.05) is 11.1 Å². The van der Waals surface area contributed by atoms with E-state index in [0.717, 1.165) is 22.3 Å². The number of phenolic OH excluding ortho intramolecular Hbond substituents is 1. The summed E-state index contributed by atoms with van der Waals surface area (Å²) >= 11 is 0. The summed E-state index contributed by atoms with van der Waals surface area (Å²) in [6, 6.07) is 20.2. The third-order valence-electron chi connectivity index (χ3n) is 5.65. The third kappa shape index (κ3) is 4.80. The fourth-order valence-electron chi connectivity index (χ4n) is 3.91. The number of methoxy groups -OCH3 is 5. The number of nitrogens with zero attached hydrogens (tertiary/aromatic N) is 1. The Kier molecular flexibility index (Phi) is 6.96. The van der Waals surface area contributed by atoms with Crippen LogP contribution in [-0.2, 0) is 0 Å². The van der Waals surface area contributed by atoms with Gasteiger partial charge < -0.3 is 28.8 Å². The molecule has 0 radical (unpaired) electrons. The highest BCUT2D eigenvalue weighted by Crippen LogP contribution is 2.43. The molecule has 0 aliphatic carbocycles. The van der Waals surface area contributed by atoms with Crippen molar-refractivity contribution in [2.45, 2.75) is 0 Å². The summed E-state index contributed by atoms with van der Waals surface area (Å²) in [7, 11) is 7.96. The van der Waals surface area contributed by atoms with Crippen LogP contribution in [0.1, 0.15) is 0 Å². The minimum atomic E-state index is 0.156. The van der Waals surface area contributed by atoms with Gasteiger partial charge in [-0.1, -0.05) is 12.1 Å². The highest BCUT2D eigenvalue weighted by molar-refractivity contribution is 5.81. The van der Waals surface area contributed by atoms with E-state index in [0.29, 0.717) is 40.1 Å². The number of hydrogen-bond acceptors (Lipinski definition) is 7. The fourth-order valence-corrected chi connectivity index (χ4v) is 3.91. The molecule has 0 spiro atoms. The van der Waals surface area contributed by atoms with Crippen LogP contribution in [0.15, 0.2) is 66.7 Å². The average Bonchev–Trinajstić information content (AvgIpc) is 2.91. The molecule has 0 saturated carbocycles. The zero-order valence-corrected chi connectivity index (χ0v) is 20.3. The second kappa shape index (κ2) is 10.3. The van der Waals surface area contributed by atoms with Crippen LogP contribution in [0.3, 0.4) is 0 Å². The van der Waals surface area contributed by atoms with Gasteiger partial charge in [-0.15, -0.1) is 0 Å². The van der Waals surface area contributed by atoms with Crippen molar-refractivity contribution in [2.24, 2.45) is 0 Å². The Hall–Kier alpha value is -4.39. The zero-order valence-electron chi connectivity index (χ0n) is 20.3. The van der Waals surface area contributed by atoms with Crippen molar-refractivity contribution in [3.63, 3.8) is 0 Å². The summed E-state index contributed by atoms with van der Waals surface area (Å²) in [6.07, 6.45) is 0. The lowest BCUT2D eigenvalue weighted by Gasteiger charge is -2.16. The molecular formula is C28H27NO6. The van der Waals surface area contributed by atoms with Gasteiger partial charge in [0.15, 0.2) is 11.5 Å². The van der Waals surface area contributed by atoms with Gasteiger partial charge in [0.1, 0.15) is 17.2 Å². The summed E-state index contributed by atoms with van der Waals surface area (Å²) < 4.78 is 27.7. The maximum atomic E-state index is 10.1. The molecule has 4 aromatic rings. The van der Waals surface area contributed by atoms with E-state index in [4.69, 9.17) is 28.7 Å². The van der Waals surface area contributed by atoms with Gasteiger partial charge in [-0.25, -0.2) is 4.98 Å². The SMILES string of the molecule is COc1ccc(OC)c(-c2cc(-c3cc(OC)c(OC)c(OC)c3)cc(-c3cccc(O)c3)n2)c1. The van der Waals surface area contributed by atoms with Crippen LogP contribution in [0.25, 0.3) is 33.6 Å². The molecule has 1 heterocycles. The molecule has 0 aliphatic heterocycles. The summed E-state index contributed by atoms with van der Waals surface area (Å²) in [6.45, 7) is 0. The fraction of sp³-hybridized carbons (Fsp3) is 0.179. The van der Waals surface area contributed by atoms with Gasteiger partial charge >= 0.3 is 0 Å². The van der Waals surface area contributed by atoms with Crippen LogP contribution in [0.5, 0.6) is 34.5 Å². The van der Waals surface area contributed by atoms with Crippen molar-refractivity contribution in [2.75, 3.05) is 35.5 Å². The molecule has 0 atom stereocenters. The Labute approximate surface area is 204 Å². The number of aromatic nitrogens is 1. The van der Waals surface area contributed by atoms with E-state index in [1.807, 2.05) is 48.5 Å². The summed E-state index contributed by atoms with van der Waals surface area (Å²) in [5.74, 6) is 3.08. The van der Waals surface area contributed by atoms with Crippen LogP contribution in [-0.4, -0.2) is 45.6 Å². The monoisotopic (exact) mass is 473 g/mol. The van der Waals surface area contributed by atoms with Crippen molar-refractivity contribution in [1.82, 2.24) is 4.98 Å². The van der Waals surface area contributed by atoms with Crippen molar-refractivity contribution in [1.29, 1.82) is 0 Å². The number of hydrogen-bond donors (Lipinski definition) is 1. The van der Waals surface area contributed by atoms with Gasteiger partial charge in [0.2, 0.25) is 5.75 Å². The number of benzene rings is 3. The highest BCUT2D eigenvalue weighted by atomic mass is 16.5. The smallest absolute Gasteiger partial charge is 0.203 e. The number of pyridine rings is 1. The number of rotatable bonds is 8. The van der Waals surface area contributed by atoms with Crippen LogP contribution in [0, 0.1) is 0 Å². The van der Waals surface area contributed by atoms with Gasteiger partial charge in [-0.2, -0.15) is 0 Å². The number of ether oxygens (including phenoxy) is 5. The molecule has 1 N–H and O–H groups in total.